The van der Waals surface area contributed by atoms with Crippen molar-refractivity contribution in [2.75, 3.05) is 5.32 Å². The van der Waals surface area contributed by atoms with Gasteiger partial charge in [0.2, 0.25) is 0 Å². The van der Waals surface area contributed by atoms with Crippen LogP contribution in [0.2, 0.25) is 0 Å². The van der Waals surface area contributed by atoms with Crippen LogP contribution in [0.25, 0.3) is 0 Å². The molecule has 0 radical (unpaired) electrons. The number of hydrogen-bond acceptors (Lipinski definition) is 3. The fourth-order valence-electron chi connectivity index (χ4n) is 1.32. The maximum atomic E-state index is 4.28. The van der Waals surface area contributed by atoms with Crippen LogP contribution in [-0.2, 0) is 0 Å². The molecule has 0 amide bonds. The summed E-state index contributed by atoms with van der Waals surface area (Å²) in [4.78, 5) is 4.28. The van der Waals surface area contributed by atoms with Gasteiger partial charge in [-0.05, 0) is 35.0 Å². The van der Waals surface area contributed by atoms with E-state index in [9.17, 15) is 0 Å². The van der Waals surface area contributed by atoms with Crippen molar-refractivity contribution in [2.24, 2.45) is 0 Å². The van der Waals surface area contributed by atoms with Crippen LogP contribution in [0.4, 0.5) is 5.69 Å². The fourth-order valence-corrected chi connectivity index (χ4v) is 2.37. The number of nitrogens with one attached hydrogen (secondary N) is 1. The second-order valence-corrected chi connectivity index (χ2v) is 5.00. The second kappa shape index (κ2) is 4.77. The molecule has 15 heavy (non-hydrogen) atoms. The first-order chi connectivity index (χ1) is 7.27. The van der Waals surface area contributed by atoms with Crippen molar-refractivity contribution >= 4 is 33.0 Å². The van der Waals surface area contributed by atoms with Gasteiger partial charge in [-0.15, -0.1) is 11.3 Å². The summed E-state index contributed by atoms with van der Waals surface area (Å²) < 4.78 is 1.08. The molecular formula is C11H11BrN2S. The topological polar surface area (TPSA) is 24.9 Å². The number of halogens is 1. The minimum atomic E-state index is 0.240. The molecule has 0 saturated heterocycles. The highest BCUT2D eigenvalue weighted by atomic mass is 79.9. The number of thiazole rings is 1. The van der Waals surface area contributed by atoms with Gasteiger partial charge in [-0.25, -0.2) is 4.98 Å². The molecule has 0 aliphatic rings. The molecule has 1 aromatic heterocycles. The third-order valence-corrected chi connectivity index (χ3v) is 3.72. The molecule has 1 atom stereocenters. The summed E-state index contributed by atoms with van der Waals surface area (Å²) in [5.41, 5.74) is 1.10. The Hall–Kier alpha value is -0.870. The fraction of sp³-hybridized carbons (Fsp3) is 0.182. The summed E-state index contributed by atoms with van der Waals surface area (Å²) in [6, 6.07) is 8.33. The van der Waals surface area contributed by atoms with Crippen LogP contribution in [0, 0.1) is 0 Å². The van der Waals surface area contributed by atoms with E-state index in [1.165, 1.54) is 0 Å². The lowest BCUT2D eigenvalue weighted by Crippen LogP contribution is -2.06. The molecule has 0 unspecified atom stereocenters. The van der Waals surface area contributed by atoms with E-state index < -0.39 is 0 Å². The molecule has 0 bridgehead atoms. The highest BCUT2D eigenvalue weighted by Crippen LogP contribution is 2.26. The molecule has 0 fully saturated rings. The van der Waals surface area contributed by atoms with Gasteiger partial charge in [-0.3, -0.25) is 0 Å². The zero-order valence-corrected chi connectivity index (χ0v) is 10.7. The van der Waals surface area contributed by atoms with Crippen LogP contribution in [0.1, 0.15) is 18.0 Å². The Kier molecular flexibility index (Phi) is 3.38. The summed E-state index contributed by atoms with van der Waals surface area (Å²) in [7, 11) is 0. The van der Waals surface area contributed by atoms with Crippen molar-refractivity contribution in [1.29, 1.82) is 0 Å². The van der Waals surface area contributed by atoms with Crippen LogP contribution in [-0.4, -0.2) is 4.98 Å². The Morgan fingerprint density at radius 1 is 1.40 bits per heavy atom. The first-order valence-electron chi connectivity index (χ1n) is 4.68. The maximum Gasteiger partial charge on any atom is 0.115 e. The lowest BCUT2D eigenvalue weighted by atomic mass is 10.3. The zero-order chi connectivity index (χ0) is 10.7. The van der Waals surface area contributed by atoms with Gasteiger partial charge in [-0.2, -0.15) is 0 Å². The Balaban J connectivity index is 2.13. The molecule has 0 aliphatic heterocycles. The number of nitrogens with zero attached hydrogens (tertiary/aromatic N) is 1. The summed E-state index contributed by atoms with van der Waals surface area (Å²) >= 11 is 5.18. The molecule has 0 spiro atoms. The van der Waals surface area contributed by atoms with Crippen molar-refractivity contribution in [3.05, 3.63) is 45.3 Å². The van der Waals surface area contributed by atoms with Crippen LogP contribution in [0.15, 0.2) is 40.3 Å². The van der Waals surface area contributed by atoms with Gasteiger partial charge in [0, 0.05) is 21.7 Å². The lowest BCUT2D eigenvalue weighted by Gasteiger charge is -2.13. The number of aromatic nitrogens is 1. The summed E-state index contributed by atoms with van der Waals surface area (Å²) in [5.74, 6) is 0. The average molecular weight is 283 g/mol. The molecule has 2 nitrogen and oxygen atoms in total. The molecular weight excluding hydrogens is 272 g/mol. The molecule has 1 N–H and O–H groups in total. The highest BCUT2D eigenvalue weighted by Gasteiger charge is 2.08. The largest absolute Gasteiger partial charge is 0.375 e. The van der Waals surface area contributed by atoms with E-state index in [4.69, 9.17) is 0 Å². The highest BCUT2D eigenvalue weighted by molar-refractivity contribution is 9.10. The molecule has 0 aliphatic carbocycles. The first-order valence-corrected chi connectivity index (χ1v) is 6.35. The number of rotatable bonds is 3. The summed E-state index contributed by atoms with van der Waals surface area (Å²) in [6.45, 7) is 2.11. The predicted octanol–water partition coefficient (Wildman–Crippen LogP) is 4.08. The van der Waals surface area contributed by atoms with E-state index in [0.29, 0.717) is 0 Å². The van der Waals surface area contributed by atoms with E-state index in [1.807, 2.05) is 35.8 Å². The Morgan fingerprint density at radius 2 is 2.20 bits per heavy atom. The van der Waals surface area contributed by atoms with Crippen LogP contribution >= 0.6 is 27.3 Å². The molecule has 78 valence electrons. The quantitative estimate of drug-likeness (QED) is 0.918. The maximum absolute atomic E-state index is 4.28. The molecule has 1 aromatic carbocycles. The normalized spacial score (nSPS) is 12.4. The molecule has 0 saturated carbocycles. The molecule has 2 aromatic rings. The Bertz CT molecular complexity index is 428. The molecule has 2 rings (SSSR count). The summed E-state index contributed by atoms with van der Waals surface area (Å²) in [5, 5.41) is 6.51. The predicted molar refractivity (Wildman–Crippen MR) is 68.3 cm³/mol. The van der Waals surface area contributed by atoms with E-state index in [1.54, 1.807) is 11.3 Å². The second-order valence-electron chi connectivity index (χ2n) is 3.22. The first kappa shape index (κ1) is 10.6. The number of para-hydroxylation sites is 1. The van der Waals surface area contributed by atoms with Crippen LogP contribution < -0.4 is 5.32 Å². The third kappa shape index (κ3) is 2.58. The Morgan fingerprint density at radius 3 is 2.87 bits per heavy atom. The van der Waals surface area contributed by atoms with Crippen molar-refractivity contribution in [1.82, 2.24) is 4.98 Å². The van der Waals surface area contributed by atoms with Crippen LogP contribution in [0.3, 0.4) is 0 Å². The third-order valence-electron chi connectivity index (χ3n) is 2.07. The van der Waals surface area contributed by atoms with Gasteiger partial charge in [0.15, 0.2) is 0 Å². The van der Waals surface area contributed by atoms with Crippen molar-refractivity contribution in [2.45, 2.75) is 13.0 Å². The Labute approximate surface area is 101 Å². The minimum Gasteiger partial charge on any atom is -0.375 e. The monoisotopic (exact) mass is 282 g/mol. The van der Waals surface area contributed by atoms with Crippen molar-refractivity contribution in [3.8, 4) is 0 Å². The summed E-state index contributed by atoms with van der Waals surface area (Å²) in [6.07, 6.45) is 1.83. The van der Waals surface area contributed by atoms with Gasteiger partial charge in [-0.1, -0.05) is 12.1 Å². The lowest BCUT2D eigenvalue weighted by molar-refractivity contribution is 0.869. The molecule has 1 heterocycles. The van der Waals surface area contributed by atoms with Gasteiger partial charge in [0.1, 0.15) is 5.01 Å². The van der Waals surface area contributed by atoms with E-state index in [2.05, 4.69) is 33.2 Å². The number of benzene rings is 1. The minimum absolute atomic E-state index is 0.240. The van der Waals surface area contributed by atoms with Crippen LogP contribution in [0.5, 0.6) is 0 Å². The van der Waals surface area contributed by atoms with Gasteiger partial charge in [0.25, 0.3) is 0 Å². The van der Waals surface area contributed by atoms with Crippen molar-refractivity contribution in [3.63, 3.8) is 0 Å². The van der Waals surface area contributed by atoms with Gasteiger partial charge < -0.3 is 5.32 Å². The number of hydrogen-bond donors (Lipinski definition) is 1. The molecule has 4 heteroatoms. The SMILES string of the molecule is C[C@H](Nc1ccccc1Br)c1nccs1. The van der Waals surface area contributed by atoms with E-state index in [-0.39, 0.29) is 6.04 Å². The van der Waals surface area contributed by atoms with Gasteiger partial charge in [0.05, 0.1) is 6.04 Å². The van der Waals surface area contributed by atoms with Crippen molar-refractivity contribution < 1.29 is 0 Å². The van der Waals surface area contributed by atoms with Gasteiger partial charge >= 0.3 is 0 Å². The standard InChI is InChI=1S/C11H11BrN2S/c1-8(11-13-6-7-15-11)14-10-5-3-2-4-9(10)12/h2-8,14H,1H3/t8-/m0/s1. The smallest absolute Gasteiger partial charge is 0.115 e. The van der Waals surface area contributed by atoms with E-state index in [0.717, 1.165) is 15.2 Å². The van der Waals surface area contributed by atoms with E-state index >= 15 is 0 Å². The number of anilines is 1. The zero-order valence-electron chi connectivity index (χ0n) is 8.27. The average Bonchev–Trinajstić information content (AvgIpc) is 2.74.